The molecule has 2 aliphatic heterocycles. The number of nitrogens with one attached hydrogen (secondary N) is 2. The summed E-state index contributed by atoms with van der Waals surface area (Å²) in [5, 5.41) is 5.91. The lowest BCUT2D eigenvalue weighted by Gasteiger charge is -2.26. The molecular formula is C60H58Cl2N4O10. The smallest absolute Gasteiger partial charge is 0.266 e. The van der Waals surface area contributed by atoms with E-state index in [1.165, 1.54) is 9.80 Å². The summed E-state index contributed by atoms with van der Waals surface area (Å²) in [6, 6.07) is 27.8. The van der Waals surface area contributed by atoms with Crippen LogP contribution in [0, 0.1) is 0 Å². The average Bonchev–Trinajstić information content (AvgIpc) is 3.84. The second-order valence-corrected chi connectivity index (χ2v) is 19.4. The van der Waals surface area contributed by atoms with Gasteiger partial charge >= 0.3 is 0 Å². The summed E-state index contributed by atoms with van der Waals surface area (Å²) in [6.45, 7) is 9.22. The molecule has 6 aromatic carbocycles. The van der Waals surface area contributed by atoms with Gasteiger partial charge in [-0.3, -0.25) is 28.8 Å². The first-order valence-electron chi connectivity index (χ1n) is 25.7. The maximum absolute atomic E-state index is 14.4. The Labute approximate surface area is 451 Å². The van der Waals surface area contributed by atoms with Crippen molar-refractivity contribution in [2.24, 2.45) is 0 Å². The third kappa shape index (κ3) is 10.7. The third-order valence-electron chi connectivity index (χ3n) is 13.2. The number of anilines is 4. The van der Waals surface area contributed by atoms with Gasteiger partial charge in [0, 0.05) is 81.6 Å². The minimum Gasteiger partial charge on any atom is -0.493 e. The lowest BCUT2D eigenvalue weighted by atomic mass is 9.89. The monoisotopic (exact) mass is 1060 g/mol. The SMILES string of the molecule is CCCOc1c2cc(NC(=O)CCl)cc1Cc1cc(N3C(=O)c4ccccc4C3=O)cc(c1OCCC)Cc1cc(N3C(=O)c4ccccc4C3=O)cc(c1OCCC)Cc1cc(NC(=O)CCl)cc(c1OCCC)C2. The summed E-state index contributed by atoms with van der Waals surface area (Å²) < 4.78 is 27.1. The van der Waals surface area contributed by atoms with Gasteiger partial charge in [-0.15, -0.1) is 23.2 Å². The van der Waals surface area contributed by atoms with Crippen molar-refractivity contribution in [1.82, 2.24) is 0 Å². The Morgan fingerprint density at radius 3 is 0.882 bits per heavy atom. The van der Waals surface area contributed by atoms with E-state index in [4.69, 9.17) is 42.1 Å². The van der Waals surface area contributed by atoms with E-state index in [1.807, 2.05) is 52.0 Å². The fourth-order valence-corrected chi connectivity index (χ4v) is 10.2. The highest BCUT2D eigenvalue weighted by Gasteiger charge is 2.39. The van der Waals surface area contributed by atoms with Gasteiger partial charge in [0.1, 0.15) is 34.8 Å². The van der Waals surface area contributed by atoms with Crippen LogP contribution in [-0.4, -0.2) is 73.6 Å². The van der Waals surface area contributed by atoms with Crippen molar-refractivity contribution in [1.29, 1.82) is 0 Å². The Morgan fingerprint density at radius 1 is 0.421 bits per heavy atom. The summed E-state index contributed by atoms with van der Waals surface area (Å²) >= 11 is 12.2. The summed E-state index contributed by atoms with van der Waals surface area (Å²) in [7, 11) is 0. The molecule has 1 aliphatic carbocycles. The Kier molecular flexibility index (Phi) is 16.4. The molecular weight excluding hydrogens is 1010 g/mol. The molecule has 392 valence electrons. The quantitative estimate of drug-likeness (QED) is 0.0623. The zero-order valence-electron chi connectivity index (χ0n) is 42.9. The normalized spacial score (nSPS) is 13.6. The number of halogens is 2. The molecule has 16 heteroatoms. The van der Waals surface area contributed by atoms with E-state index in [9.17, 15) is 28.8 Å². The van der Waals surface area contributed by atoms with Crippen molar-refractivity contribution >= 4 is 81.4 Å². The maximum Gasteiger partial charge on any atom is 0.266 e. The molecule has 9 rings (SSSR count). The molecule has 2 heterocycles. The van der Waals surface area contributed by atoms with Gasteiger partial charge in [0.05, 0.1) is 60.1 Å². The molecule has 0 aromatic heterocycles. The van der Waals surface area contributed by atoms with E-state index in [1.54, 1.807) is 72.8 Å². The van der Waals surface area contributed by atoms with Crippen molar-refractivity contribution < 1.29 is 47.7 Å². The molecule has 3 aliphatic rings. The van der Waals surface area contributed by atoms with Crippen LogP contribution in [0.25, 0.3) is 0 Å². The minimum atomic E-state index is -0.493. The Hall–Kier alpha value is -7.68. The lowest BCUT2D eigenvalue weighted by molar-refractivity contribution is -0.114. The third-order valence-corrected chi connectivity index (χ3v) is 13.7. The predicted molar refractivity (Wildman–Crippen MR) is 294 cm³/mol. The fourth-order valence-electron chi connectivity index (χ4n) is 10.0. The van der Waals surface area contributed by atoms with Crippen LogP contribution in [-0.2, 0) is 35.3 Å². The number of hydrogen-bond acceptors (Lipinski definition) is 10. The van der Waals surface area contributed by atoms with Gasteiger partial charge < -0.3 is 29.6 Å². The summed E-state index contributed by atoms with van der Waals surface area (Å²) in [5.74, 6) is -1.46. The van der Waals surface area contributed by atoms with Crippen molar-refractivity contribution in [3.8, 4) is 23.0 Å². The van der Waals surface area contributed by atoms with Crippen LogP contribution in [0.5, 0.6) is 23.0 Å². The minimum absolute atomic E-state index is 0.0542. The number of rotatable bonds is 18. The van der Waals surface area contributed by atoms with Gasteiger partial charge in [0.15, 0.2) is 0 Å². The van der Waals surface area contributed by atoms with Crippen LogP contribution in [0.15, 0.2) is 97.1 Å². The number of fused-ring (bicyclic) bond motifs is 10. The molecule has 0 spiro atoms. The number of hydrogen-bond donors (Lipinski definition) is 2. The number of carbonyl (C=O) groups excluding carboxylic acids is 6. The van der Waals surface area contributed by atoms with E-state index in [0.717, 1.165) is 0 Å². The molecule has 6 aromatic rings. The standard InChI is InChI=1S/C60H58Cl2N4O10/c1-5-17-73-53-35-21-36-26-44(64-52(68)34-62)28-38(54(36)74-18-6-2)23-40-30-46(66-59(71)49-15-11-12-16-50(49)60(66)72)32-42(56(40)76-20-8-4)24-41-31-45(65-57(69)47-13-9-10-14-48(47)58(65)70)29-39(55(41)75-19-7-3)22-37(53)27-43(25-35)63-51(67)33-61/h9-16,25-32H,5-8,17-24,33-34H2,1-4H3,(H,63,67)(H,64,68). The summed E-state index contributed by atoms with van der Waals surface area (Å²) in [6.07, 6.45) is 3.00. The summed E-state index contributed by atoms with van der Waals surface area (Å²) in [5.41, 5.74) is 7.42. The van der Waals surface area contributed by atoms with Gasteiger partial charge in [-0.05, 0) is 98.5 Å². The molecule has 0 fully saturated rings. The number of benzene rings is 6. The van der Waals surface area contributed by atoms with Crippen LogP contribution < -0.4 is 39.4 Å². The first kappa shape index (κ1) is 53.2. The zero-order valence-corrected chi connectivity index (χ0v) is 44.4. The first-order valence-corrected chi connectivity index (χ1v) is 26.8. The maximum atomic E-state index is 14.4. The van der Waals surface area contributed by atoms with Gasteiger partial charge in [-0.2, -0.15) is 0 Å². The first-order chi connectivity index (χ1) is 36.9. The topological polar surface area (TPSA) is 170 Å². The van der Waals surface area contributed by atoms with Crippen molar-refractivity contribution in [3.05, 3.63) is 164 Å². The van der Waals surface area contributed by atoms with Gasteiger partial charge in [-0.25, -0.2) is 9.80 Å². The van der Waals surface area contributed by atoms with Crippen molar-refractivity contribution in [3.63, 3.8) is 0 Å². The lowest BCUT2D eigenvalue weighted by Crippen LogP contribution is -2.30. The van der Waals surface area contributed by atoms with E-state index in [2.05, 4.69) is 10.6 Å². The molecule has 0 unspecified atom stereocenters. The second-order valence-electron chi connectivity index (χ2n) is 18.9. The fraction of sp³-hybridized carbons (Fsp3) is 0.300. The van der Waals surface area contributed by atoms with Crippen LogP contribution in [0.1, 0.15) is 139 Å². The average molecular weight is 1070 g/mol. The van der Waals surface area contributed by atoms with Crippen LogP contribution in [0.2, 0.25) is 0 Å². The molecule has 0 radical (unpaired) electrons. The highest BCUT2D eigenvalue weighted by Crippen LogP contribution is 2.45. The molecule has 8 bridgehead atoms. The molecule has 14 nitrogen and oxygen atoms in total. The number of ether oxygens (including phenoxy) is 4. The van der Waals surface area contributed by atoms with E-state index in [-0.39, 0.29) is 71.1 Å². The molecule has 76 heavy (non-hydrogen) atoms. The van der Waals surface area contributed by atoms with Crippen molar-refractivity contribution in [2.75, 3.05) is 58.6 Å². The Balaban J connectivity index is 1.39. The van der Waals surface area contributed by atoms with Gasteiger partial charge in [-0.1, -0.05) is 52.0 Å². The number of carbonyl (C=O) groups is 6. The summed E-state index contributed by atoms with van der Waals surface area (Å²) in [4.78, 5) is 86.3. The van der Waals surface area contributed by atoms with Crippen molar-refractivity contribution in [2.45, 2.75) is 79.1 Å². The number of imide groups is 2. The van der Waals surface area contributed by atoms with Gasteiger partial charge in [0.25, 0.3) is 23.6 Å². The largest absolute Gasteiger partial charge is 0.493 e. The van der Waals surface area contributed by atoms with Crippen LogP contribution in [0.3, 0.4) is 0 Å². The molecule has 2 N–H and O–H groups in total. The molecule has 0 saturated heterocycles. The number of alkyl halides is 2. The molecule has 0 saturated carbocycles. The Bertz CT molecular complexity index is 3020. The Morgan fingerprint density at radius 2 is 0.658 bits per heavy atom. The van der Waals surface area contributed by atoms with Crippen LogP contribution >= 0.6 is 23.2 Å². The highest BCUT2D eigenvalue weighted by atomic mass is 35.5. The van der Waals surface area contributed by atoms with E-state index in [0.29, 0.717) is 131 Å². The highest BCUT2D eigenvalue weighted by molar-refractivity contribution is 6.35. The predicted octanol–water partition coefficient (Wildman–Crippen LogP) is 11.5. The molecule has 6 amide bonds. The molecule has 0 atom stereocenters. The van der Waals surface area contributed by atoms with E-state index >= 15 is 0 Å². The second kappa shape index (κ2) is 23.5. The zero-order chi connectivity index (χ0) is 53.6. The number of nitrogens with zero attached hydrogens (tertiary/aromatic N) is 2. The number of amides is 6. The van der Waals surface area contributed by atoms with E-state index < -0.39 is 35.4 Å². The van der Waals surface area contributed by atoms with Gasteiger partial charge in [0.2, 0.25) is 11.8 Å². The van der Waals surface area contributed by atoms with Crippen LogP contribution in [0.4, 0.5) is 22.7 Å².